The van der Waals surface area contributed by atoms with Crippen molar-refractivity contribution < 1.29 is 4.74 Å². The summed E-state index contributed by atoms with van der Waals surface area (Å²) in [7, 11) is 1.79. The largest absolute Gasteiger partial charge is 0.384 e. The number of rotatable bonds is 8. The lowest BCUT2D eigenvalue weighted by atomic mass is 10.1. The Morgan fingerprint density at radius 3 is 3.05 bits per heavy atom. The Morgan fingerprint density at radius 1 is 1.35 bits per heavy atom. The lowest BCUT2D eigenvalue weighted by Gasteiger charge is -2.15. The molecule has 0 bridgehead atoms. The molecule has 1 saturated heterocycles. The molecule has 1 atom stereocenters. The normalized spacial score (nSPS) is 23.6. The Morgan fingerprint density at radius 2 is 2.25 bits per heavy atom. The zero-order valence-electron chi connectivity index (χ0n) is 12.3. The molecule has 0 aromatic carbocycles. The van der Waals surface area contributed by atoms with Gasteiger partial charge in [0, 0.05) is 39.0 Å². The van der Waals surface area contributed by atoms with Crippen LogP contribution in [0.15, 0.2) is 6.20 Å². The highest BCUT2D eigenvalue weighted by atomic mass is 16.5. The van der Waals surface area contributed by atoms with Crippen LogP contribution >= 0.6 is 0 Å². The third-order valence-corrected chi connectivity index (χ3v) is 4.15. The number of hydrogen-bond donors (Lipinski definition) is 1. The molecule has 1 aromatic heterocycles. The van der Waals surface area contributed by atoms with E-state index in [1.165, 1.54) is 25.8 Å². The van der Waals surface area contributed by atoms with E-state index in [0.717, 1.165) is 44.5 Å². The Bertz CT molecular complexity index is 417. The molecule has 2 heterocycles. The van der Waals surface area contributed by atoms with Crippen molar-refractivity contribution in [2.45, 2.75) is 38.4 Å². The zero-order valence-corrected chi connectivity index (χ0v) is 12.3. The topological polar surface area (TPSA) is 55.2 Å². The summed E-state index contributed by atoms with van der Waals surface area (Å²) in [6.45, 7) is 6.05. The average Bonchev–Trinajstić information content (AvgIpc) is 2.98. The summed E-state index contributed by atoms with van der Waals surface area (Å²) < 4.78 is 7.20. The van der Waals surface area contributed by atoms with Crippen molar-refractivity contribution >= 4 is 0 Å². The first kappa shape index (κ1) is 14.0. The van der Waals surface area contributed by atoms with Gasteiger partial charge in [-0.05, 0) is 31.7 Å². The van der Waals surface area contributed by atoms with Crippen molar-refractivity contribution in [2.75, 3.05) is 33.4 Å². The summed E-state index contributed by atoms with van der Waals surface area (Å²) in [5, 5.41) is 11.9. The van der Waals surface area contributed by atoms with Crippen molar-refractivity contribution in [3.63, 3.8) is 0 Å². The SMILES string of the molecule is COCC1CCN(CCn2cc(CNC3CC3)nn2)C1. The fourth-order valence-corrected chi connectivity index (χ4v) is 2.80. The molecule has 2 aliphatic rings. The zero-order chi connectivity index (χ0) is 13.8. The highest BCUT2D eigenvalue weighted by Crippen LogP contribution is 2.19. The Labute approximate surface area is 120 Å². The maximum atomic E-state index is 5.23. The molecule has 1 unspecified atom stereocenters. The minimum absolute atomic E-state index is 0.703. The average molecular weight is 279 g/mol. The van der Waals surface area contributed by atoms with Crippen LogP contribution in [0.2, 0.25) is 0 Å². The van der Waals surface area contributed by atoms with Crippen molar-refractivity contribution in [3.8, 4) is 0 Å². The van der Waals surface area contributed by atoms with Gasteiger partial charge < -0.3 is 15.0 Å². The van der Waals surface area contributed by atoms with Gasteiger partial charge in [-0.25, -0.2) is 0 Å². The Hall–Kier alpha value is -0.980. The van der Waals surface area contributed by atoms with Gasteiger partial charge in [0.1, 0.15) is 0 Å². The van der Waals surface area contributed by atoms with Gasteiger partial charge in [-0.3, -0.25) is 4.68 Å². The minimum atomic E-state index is 0.703. The fourth-order valence-electron chi connectivity index (χ4n) is 2.80. The van der Waals surface area contributed by atoms with E-state index in [1.54, 1.807) is 7.11 Å². The molecule has 1 aliphatic carbocycles. The summed E-state index contributed by atoms with van der Waals surface area (Å²) in [4.78, 5) is 2.49. The maximum Gasteiger partial charge on any atom is 0.0964 e. The number of nitrogens with zero attached hydrogens (tertiary/aromatic N) is 4. The van der Waals surface area contributed by atoms with Gasteiger partial charge in [-0.15, -0.1) is 5.10 Å². The van der Waals surface area contributed by atoms with Crippen LogP contribution in [0.4, 0.5) is 0 Å². The van der Waals surface area contributed by atoms with E-state index in [2.05, 4.69) is 26.7 Å². The molecule has 0 amide bonds. The molecule has 0 radical (unpaired) electrons. The van der Waals surface area contributed by atoms with Gasteiger partial charge in [-0.1, -0.05) is 5.21 Å². The number of ether oxygens (including phenoxy) is 1. The van der Waals surface area contributed by atoms with Gasteiger partial charge in [0.15, 0.2) is 0 Å². The van der Waals surface area contributed by atoms with E-state index in [0.29, 0.717) is 5.92 Å². The Kier molecular flexibility index (Phi) is 4.65. The van der Waals surface area contributed by atoms with Crippen LogP contribution in [-0.2, 0) is 17.8 Å². The van der Waals surface area contributed by atoms with Crippen LogP contribution in [0, 0.1) is 5.92 Å². The second kappa shape index (κ2) is 6.65. The molecule has 20 heavy (non-hydrogen) atoms. The van der Waals surface area contributed by atoms with Crippen LogP contribution < -0.4 is 5.32 Å². The van der Waals surface area contributed by atoms with E-state index in [-0.39, 0.29) is 0 Å². The number of aromatic nitrogens is 3. The highest BCUT2D eigenvalue weighted by Gasteiger charge is 2.22. The first-order valence-electron chi connectivity index (χ1n) is 7.67. The molecule has 1 N–H and O–H groups in total. The predicted octanol–water partition coefficient (Wildman–Crippen LogP) is 0.498. The van der Waals surface area contributed by atoms with Crippen LogP contribution in [0.5, 0.6) is 0 Å². The molecule has 6 heteroatoms. The van der Waals surface area contributed by atoms with Crippen molar-refractivity contribution in [1.82, 2.24) is 25.2 Å². The molecular weight excluding hydrogens is 254 g/mol. The van der Waals surface area contributed by atoms with E-state index in [1.807, 2.05) is 4.68 Å². The smallest absolute Gasteiger partial charge is 0.0964 e. The minimum Gasteiger partial charge on any atom is -0.384 e. The molecule has 2 fully saturated rings. The molecule has 0 spiro atoms. The summed E-state index contributed by atoms with van der Waals surface area (Å²) in [6.07, 6.45) is 5.94. The van der Waals surface area contributed by atoms with Crippen LogP contribution in [0.3, 0.4) is 0 Å². The van der Waals surface area contributed by atoms with Crippen LogP contribution in [0.1, 0.15) is 25.0 Å². The molecule has 6 nitrogen and oxygen atoms in total. The van der Waals surface area contributed by atoms with Gasteiger partial charge in [0.25, 0.3) is 0 Å². The highest BCUT2D eigenvalue weighted by molar-refractivity contribution is 4.94. The second-order valence-corrected chi connectivity index (χ2v) is 6.04. The second-order valence-electron chi connectivity index (χ2n) is 6.04. The Balaban J connectivity index is 1.37. The number of hydrogen-bond acceptors (Lipinski definition) is 5. The third kappa shape index (κ3) is 4.01. The van der Waals surface area contributed by atoms with Crippen molar-refractivity contribution in [1.29, 1.82) is 0 Å². The van der Waals surface area contributed by atoms with E-state index < -0.39 is 0 Å². The van der Waals surface area contributed by atoms with Gasteiger partial charge in [0.2, 0.25) is 0 Å². The maximum absolute atomic E-state index is 5.23. The number of methoxy groups -OCH3 is 1. The number of likely N-dealkylation sites (tertiary alicyclic amines) is 1. The molecule has 1 aliphatic heterocycles. The quantitative estimate of drug-likeness (QED) is 0.751. The summed E-state index contributed by atoms with van der Waals surface area (Å²) >= 11 is 0. The van der Waals surface area contributed by atoms with E-state index in [4.69, 9.17) is 4.74 Å². The standard InChI is InChI=1S/C14H25N5O/c1-20-11-12-4-5-18(9-12)6-7-19-10-14(16-17-19)8-15-13-2-3-13/h10,12-13,15H,2-9,11H2,1H3. The molecule has 1 aromatic rings. The van der Waals surface area contributed by atoms with Gasteiger partial charge in [-0.2, -0.15) is 0 Å². The van der Waals surface area contributed by atoms with Crippen LogP contribution in [-0.4, -0.2) is 59.3 Å². The van der Waals surface area contributed by atoms with Crippen LogP contribution in [0.25, 0.3) is 0 Å². The third-order valence-electron chi connectivity index (χ3n) is 4.15. The van der Waals surface area contributed by atoms with Crippen molar-refractivity contribution in [3.05, 3.63) is 11.9 Å². The first-order valence-corrected chi connectivity index (χ1v) is 7.67. The predicted molar refractivity (Wildman–Crippen MR) is 76.3 cm³/mol. The summed E-state index contributed by atoms with van der Waals surface area (Å²) in [5.74, 6) is 0.703. The molecule has 3 rings (SSSR count). The lowest BCUT2D eigenvalue weighted by Crippen LogP contribution is -2.26. The summed E-state index contributed by atoms with van der Waals surface area (Å²) in [5.41, 5.74) is 1.05. The lowest BCUT2D eigenvalue weighted by molar-refractivity contribution is 0.152. The molecular formula is C14H25N5O. The summed E-state index contributed by atoms with van der Waals surface area (Å²) in [6, 6.07) is 0.725. The molecule has 112 valence electrons. The van der Waals surface area contributed by atoms with E-state index >= 15 is 0 Å². The van der Waals surface area contributed by atoms with Crippen molar-refractivity contribution in [2.24, 2.45) is 5.92 Å². The fraction of sp³-hybridized carbons (Fsp3) is 0.857. The van der Waals surface area contributed by atoms with E-state index in [9.17, 15) is 0 Å². The first-order chi connectivity index (χ1) is 9.83. The van der Waals surface area contributed by atoms with Gasteiger partial charge in [0.05, 0.1) is 18.8 Å². The number of nitrogens with one attached hydrogen (secondary N) is 1. The van der Waals surface area contributed by atoms with Gasteiger partial charge >= 0.3 is 0 Å². The monoisotopic (exact) mass is 279 g/mol. The molecule has 1 saturated carbocycles.